The molecule has 0 aliphatic rings. The van der Waals surface area contributed by atoms with Crippen LogP contribution in [0.3, 0.4) is 0 Å². The first-order valence-electron chi connectivity index (χ1n) is 5.22. The third kappa shape index (κ3) is 3.91. The molecule has 1 unspecified atom stereocenters. The van der Waals surface area contributed by atoms with E-state index in [1.54, 1.807) is 6.92 Å². The number of benzene rings is 1. The van der Waals surface area contributed by atoms with Gasteiger partial charge in [0.15, 0.2) is 0 Å². The molecule has 0 spiro atoms. The van der Waals surface area contributed by atoms with Crippen molar-refractivity contribution in [1.82, 2.24) is 0 Å². The monoisotopic (exact) mass is 269 g/mol. The van der Waals surface area contributed by atoms with Crippen LogP contribution in [-0.2, 0) is 4.79 Å². The fraction of sp³-hybridized carbons (Fsp3) is 0.300. The Morgan fingerprint density at radius 1 is 1.37 bits per heavy atom. The summed E-state index contributed by atoms with van der Waals surface area (Å²) in [5.74, 6) is -1.05. The van der Waals surface area contributed by atoms with Gasteiger partial charge in [0.2, 0.25) is 0 Å². The standard InChI is InChI=1S/C10H11N3O6/c1-6(4-10(14)15)11-8-3-2-7(12(16)17)5-9(8)13(18)19/h2-3,5-6,11H,4H2,1H3,(H,14,15). The number of non-ortho nitro benzene ring substituents is 1. The first-order valence-corrected chi connectivity index (χ1v) is 5.22. The Balaban J connectivity index is 3.03. The lowest BCUT2D eigenvalue weighted by Gasteiger charge is -2.12. The summed E-state index contributed by atoms with van der Waals surface area (Å²) >= 11 is 0. The van der Waals surface area contributed by atoms with Crippen molar-refractivity contribution in [2.45, 2.75) is 19.4 Å². The first-order chi connectivity index (χ1) is 8.81. The van der Waals surface area contributed by atoms with E-state index in [4.69, 9.17) is 5.11 Å². The molecule has 9 nitrogen and oxygen atoms in total. The topological polar surface area (TPSA) is 136 Å². The summed E-state index contributed by atoms with van der Waals surface area (Å²) in [6.07, 6.45) is -0.228. The van der Waals surface area contributed by atoms with Gasteiger partial charge in [-0.15, -0.1) is 0 Å². The quantitative estimate of drug-likeness (QED) is 0.593. The summed E-state index contributed by atoms with van der Waals surface area (Å²) in [4.78, 5) is 30.4. The molecule has 0 saturated heterocycles. The molecule has 2 N–H and O–H groups in total. The van der Waals surface area contributed by atoms with Crippen LogP contribution in [0.25, 0.3) is 0 Å². The van der Waals surface area contributed by atoms with Crippen molar-refractivity contribution in [2.75, 3.05) is 5.32 Å². The second-order valence-corrected chi connectivity index (χ2v) is 3.86. The number of nitrogens with one attached hydrogen (secondary N) is 1. The molecule has 0 aromatic heterocycles. The van der Waals surface area contributed by atoms with Crippen LogP contribution in [0.1, 0.15) is 13.3 Å². The molecular weight excluding hydrogens is 258 g/mol. The average molecular weight is 269 g/mol. The van der Waals surface area contributed by atoms with Gasteiger partial charge in [-0.3, -0.25) is 25.0 Å². The fourth-order valence-electron chi connectivity index (χ4n) is 1.49. The minimum atomic E-state index is -1.05. The second kappa shape index (κ2) is 5.76. The smallest absolute Gasteiger partial charge is 0.305 e. The Kier molecular flexibility index (Phi) is 4.35. The number of carboxylic acid groups (broad SMARTS) is 1. The molecule has 0 aliphatic carbocycles. The van der Waals surface area contributed by atoms with Crippen LogP contribution in [0.15, 0.2) is 18.2 Å². The third-order valence-corrected chi connectivity index (χ3v) is 2.27. The number of hydrogen-bond acceptors (Lipinski definition) is 6. The number of nitrogens with zero attached hydrogens (tertiary/aromatic N) is 2. The van der Waals surface area contributed by atoms with Crippen LogP contribution in [0, 0.1) is 20.2 Å². The second-order valence-electron chi connectivity index (χ2n) is 3.86. The molecule has 1 aromatic rings. The number of aliphatic carboxylic acids is 1. The van der Waals surface area contributed by atoms with Crippen LogP contribution in [0.5, 0.6) is 0 Å². The van der Waals surface area contributed by atoms with E-state index in [0.717, 1.165) is 12.1 Å². The van der Waals surface area contributed by atoms with Crippen LogP contribution in [0.2, 0.25) is 0 Å². The molecule has 0 radical (unpaired) electrons. The molecule has 1 atom stereocenters. The molecule has 1 rings (SSSR count). The van der Waals surface area contributed by atoms with E-state index in [0.29, 0.717) is 0 Å². The summed E-state index contributed by atoms with van der Waals surface area (Å²) in [5, 5.41) is 32.6. The van der Waals surface area contributed by atoms with Gasteiger partial charge in [0.1, 0.15) is 5.69 Å². The van der Waals surface area contributed by atoms with E-state index in [1.807, 2.05) is 0 Å². The SMILES string of the molecule is CC(CC(=O)O)Nc1ccc([N+](=O)[O-])cc1[N+](=O)[O-]. The highest BCUT2D eigenvalue weighted by atomic mass is 16.6. The largest absolute Gasteiger partial charge is 0.481 e. The van der Waals surface area contributed by atoms with Crippen LogP contribution in [0.4, 0.5) is 17.1 Å². The number of hydrogen-bond donors (Lipinski definition) is 2. The lowest BCUT2D eigenvalue weighted by atomic mass is 10.2. The Morgan fingerprint density at radius 2 is 2.00 bits per heavy atom. The minimum absolute atomic E-state index is 0.0457. The van der Waals surface area contributed by atoms with Crippen LogP contribution in [-0.4, -0.2) is 27.0 Å². The summed E-state index contributed by atoms with van der Waals surface area (Å²) in [7, 11) is 0. The summed E-state index contributed by atoms with van der Waals surface area (Å²) in [6, 6.07) is 2.59. The zero-order valence-corrected chi connectivity index (χ0v) is 9.90. The van der Waals surface area contributed by atoms with E-state index in [1.165, 1.54) is 6.07 Å². The number of carboxylic acids is 1. The number of rotatable bonds is 6. The molecular formula is C10H11N3O6. The molecule has 0 amide bonds. The predicted molar refractivity (Wildman–Crippen MR) is 65.1 cm³/mol. The van der Waals surface area contributed by atoms with Crippen molar-refractivity contribution in [3.8, 4) is 0 Å². The van der Waals surface area contributed by atoms with Crippen molar-refractivity contribution < 1.29 is 19.7 Å². The van der Waals surface area contributed by atoms with Crippen molar-refractivity contribution in [1.29, 1.82) is 0 Å². The highest BCUT2D eigenvalue weighted by Crippen LogP contribution is 2.29. The minimum Gasteiger partial charge on any atom is -0.481 e. The fourth-order valence-corrected chi connectivity index (χ4v) is 1.49. The van der Waals surface area contributed by atoms with Crippen molar-refractivity contribution in [3.05, 3.63) is 38.4 Å². The number of nitro groups is 2. The summed E-state index contributed by atoms with van der Waals surface area (Å²) in [5.41, 5.74) is -0.820. The van der Waals surface area contributed by atoms with Gasteiger partial charge in [-0.05, 0) is 13.0 Å². The highest BCUT2D eigenvalue weighted by Gasteiger charge is 2.20. The van der Waals surface area contributed by atoms with Crippen molar-refractivity contribution in [3.63, 3.8) is 0 Å². The molecule has 102 valence electrons. The zero-order chi connectivity index (χ0) is 14.6. The number of anilines is 1. The molecule has 0 fully saturated rings. The Morgan fingerprint density at radius 3 is 2.47 bits per heavy atom. The Labute approximate surface area is 107 Å². The maximum absolute atomic E-state index is 10.8. The predicted octanol–water partition coefficient (Wildman–Crippen LogP) is 1.78. The average Bonchev–Trinajstić information content (AvgIpc) is 2.27. The maximum Gasteiger partial charge on any atom is 0.305 e. The molecule has 0 saturated carbocycles. The van der Waals surface area contributed by atoms with Gasteiger partial charge in [0.05, 0.1) is 22.3 Å². The van der Waals surface area contributed by atoms with Gasteiger partial charge in [0.25, 0.3) is 11.4 Å². The van der Waals surface area contributed by atoms with Gasteiger partial charge in [-0.25, -0.2) is 0 Å². The van der Waals surface area contributed by atoms with E-state index in [-0.39, 0.29) is 12.1 Å². The zero-order valence-electron chi connectivity index (χ0n) is 9.90. The van der Waals surface area contributed by atoms with Gasteiger partial charge in [-0.1, -0.05) is 0 Å². The maximum atomic E-state index is 10.8. The van der Waals surface area contributed by atoms with Gasteiger partial charge in [0, 0.05) is 12.1 Å². The van der Waals surface area contributed by atoms with Crippen molar-refractivity contribution >= 4 is 23.0 Å². The number of carbonyl (C=O) groups is 1. The van der Waals surface area contributed by atoms with E-state index >= 15 is 0 Å². The third-order valence-electron chi connectivity index (χ3n) is 2.27. The Bertz CT molecular complexity index is 530. The van der Waals surface area contributed by atoms with E-state index in [2.05, 4.69) is 5.32 Å². The molecule has 9 heteroatoms. The Hall–Kier alpha value is -2.71. The van der Waals surface area contributed by atoms with Crippen LogP contribution < -0.4 is 5.32 Å². The lowest BCUT2D eigenvalue weighted by Crippen LogP contribution is -2.19. The molecule has 19 heavy (non-hydrogen) atoms. The normalized spacial score (nSPS) is 11.6. The summed E-state index contributed by atoms with van der Waals surface area (Å²) < 4.78 is 0. The lowest BCUT2D eigenvalue weighted by molar-refractivity contribution is -0.393. The molecule has 0 bridgehead atoms. The van der Waals surface area contributed by atoms with Gasteiger partial charge in [-0.2, -0.15) is 0 Å². The molecule has 0 heterocycles. The van der Waals surface area contributed by atoms with E-state index < -0.39 is 33.2 Å². The molecule has 1 aromatic carbocycles. The van der Waals surface area contributed by atoms with Gasteiger partial charge >= 0.3 is 5.97 Å². The molecule has 0 aliphatic heterocycles. The van der Waals surface area contributed by atoms with Crippen LogP contribution >= 0.6 is 0 Å². The highest BCUT2D eigenvalue weighted by molar-refractivity contribution is 5.70. The van der Waals surface area contributed by atoms with E-state index in [9.17, 15) is 25.0 Å². The van der Waals surface area contributed by atoms with Crippen molar-refractivity contribution in [2.24, 2.45) is 0 Å². The first kappa shape index (κ1) is 14.4. The summed E-state index contributed by atoms with van der Waals surface area (Å²) in [6.45, 7) is 1.54. The number of nitro benzene ring substituents is 2. The van der Waals surface area contributed by atoms with Gasteiger partial charge < -0.3 is 10.4 Å².